The van der Waals surface area contributed by atoms with Crippen LogP contribution in [0, 0.1) is 0 Å². The third-order valence-electron chi connectivity index (χ3n) is 2.91. The second kappa shape index (κ2) is 9.03. The van der Waals surface area contributed by atoms with E-state index in [-0.39, 0.29) is 23.9 Å². The van der Waals surface area contributed by atoms with Gasteiger partial charge in [-0.15, -0.1) is 12.4 Å². The molecule has 0 saturated carbocycles. The largest absolute Gasteiger partial charge is 0.383 e. The smallest absolute Gasteiger partial charge is 0.220 e. The highest BCUT2D eigenvalue weighted by atomic mass is 35.5. The van der Waals surface area contributed by atoms with Gasteiger partial charge in [-0.2, -0.15) is 11.8 Å². The summed E-state index contributed by atoms with van der Waals surface area (Å²) in [5, 5.41) is 6.43. The summed E-state index contributed by atoms with van der Waals surface area (Å²) in [6.07, 6.45) is 4.84. The number of thioether (sulfide) groups is 1. The highest BCUT2D eigenvalue weighted by molar-refractivity contribution is 7.98. The van der Waals surface area contributed by atoms with Crippen LogP contribution in [0.25, 0.3) is 0 Å². The molecule has 0 aliphatic carbocycles. The SMILES string of the molecule is COCC1(CNC(=O)CCSC)CCCN1.Cl. The van der Waals surface area contributed by atoms with Gasteiger partial charge < -0.3 is 15.4 Å². The topological polar surface area (TPSA) is 50.4 Å². The number of carbonyl (C=O) groups is 1. The van der Waals surface area contributed by atoms with E-state index >= 15 is 0 Å². The van der Waals surface area contributed by atoms with Gasteiger partial charge in [-0.1, -0.05) is 0 Å². The Morgan fingerprint density at radius 2 is 2.35 bits per heavy atom. The molecular formula is C11H23ClN2O2S. The normalized spacial score (nSPS) is 23.2. The molecule has 0 aromatic rings. The Balaban J connectivity index is 0.00000256. The first kappa shape index (κ1) is 17.0. The number of nitrogens with one attached hydrogen (secondary N) is 2. The van der Waals surface area contributed by atoms with E-state index < -0.39 is 0 Å². The summed E-state index contributed by atoms with van der Waals surface area (Å²) in [4.78, 5) is 11.5. The van der Waals surface area contributed by atoms with E-state index in [4.69, 9.17) is 4.74 Å². The molecule has 102 valence electrons. The number of hydrogen-bond acceptors (Lipinski definition) is 4. The van der Waals surface area contributed by atoms with Crippen molar-refractivity contribution >= 4 is 30.1 Å². The zero-order chi connectivity index (χ0) is 11.9. The molecule has 1 heterocycles. The quantitative estimate of drug-likeness (QED) is 0.733. The van der Waals surface area contributed by atoms with Gasteiger partial charge in [0.1, 0.15) is 0 Å². The number of amides is 1. The van der Waals surface area contributed by atoms with E-state index in [9.17, 15) is 4.79 Å². The fourth-order valence-corrected chi connectivity index (χ4v) is 2.41. The highest BCUT2D eigenvalue weighted by Crippen LogP contribution is 2.18. The fraction of sp³-hybridized carbons (Fsp3) is 0.909. The molecule has 1 atom stereocenters. The summed E-state index contributed by atoms with van der Waals surface area (Å²) in [7, 11) is 1.71. The molecule has 6 heteroatoms. The molecule has 1 fully saturated rings. The van der Waals surface area contributed by atoms with E-state index in [1.54, 1.807) is 18.9 Å². The van der Waals surface area contributed by atoms with Crippen LogP contribution in [0.4, 0.5) is 0 Å². The predicted molar refractivity (Wildman–Crippen MR) is 75.1 cm³/mol. The van der Waals surface area contributed by atoms with Crippen molar-refractivity contribution in [3.05, 3.63) is 0 Å². The molecule has 2 N–H and O–H groups in total. The Morgan fingerprint density at radius 1 is 1.59 bits per heavy atom. The Labute approximate surface area is 114 Å². The fourth-order valence-electron chi connectivity index (χ4n) is 2.02. The van der Waals surface area contributed by atoms with Crippen LogP contribution in [0.5, 0.6) is 0 Å². The lowest BCUT2D eigenvalue weighted by atomic mass is 9.98. The average Bonchev–Trinajstić information content (AvgIpc) is 2.73. The number of methoxy groups -OCH3 is 1. The third-order valence-corrected chi connectivity index (χ3v) is 3.52. The van der Waals surface area contributed by atoms with Crippen molar-refractivity contribution in [2.24, 2.45) is 0 Å². The van der Waals surface area contributed by atoms with Crippen molar-refractivity contribution in [1.82, 2.24) is 10.6 Å². The second-order valence-corrected chi connectivity index (χ2v) is 5.25. The van der Waals surface area contributed by atoms with Crippen LogP contribution in [-0.4, -0.2) is 50.3 Å². The minimum Gasteiger partial charge on any atom is -0.383 e. The molecule has 1 unspecified atom stereocenters. The first-order valence-electron chi connectivity index (χ1n) is 5.72. The Bertz CT molecular complexity index is 224. The molecule has 0 spiro atoms. The summed E-state index contributed by atoms with van der Waals surface area (Å²) in [6.45, 7) is 2.36. The number of halogens is 1. The predicted octanol–water partition coefficient (Wildman–Crippen LogP) is 1.05. The number of rotatable bonds is 7. The Kier molecular flexibility index (Phi) is 9.04. The van der Waals surface area contributed by atoms with Crippen molar-refractivity contribution in [3.8, 4) is 0 Å². The van der Waals surface area contributed by atoms with Crippen LogP contribution in [0.1, 0.15) is 19.3 Å². The lowest BCUT2D eigenvalue weighted by Crippen LogP contribution is -2.53. The standard InChI is InChI=1S/C11H22N2O2S.ClH/c1-15-9-11(5-3-6-13-11)8-12-10(14)4-7-16-2;/h13H,3-9H2,1-2H3,(H,12,14);1H. The van der Waals surface area contributed by atoms with Crippen LogP contribution in [0.3, 0.4) is 0 Å². The van der Waals surface area contributed by atoms with Gasteiger partial charge in [-0.3, -0.25) is 4.79 Å². The minimum atomic E-state index is -0.0379. The first-order valence-corrected chi connectivity index (χ1v) is 7.11. The molecule has 1 amide bonds. The summed E-state index contributed by atoms with van der Waals surface area (Å²) in [5.41, 5.74) is -0.0379. The van der Waals surface area contributed by atoms with Gasteiger partial charge >= 0.3 is 0 Å². The van der Waals surface area contributed by atoms with E-state index in [2.05, 4.69) is 10.6 Å². The Hall–Kier alpha value is 0.0300. The molecule has 1 saturated heterocycles. The summed E-state index contributed by atoms with van der Waals surface area (Å²) in [6, 6.07) is 0. The Morgan fingerprint density at radius 3 is 2.88 bits per heavy atom. The van der Waals surface area contributed by atoms with E-state index in [1.165, 1.54) is 0 Å². The summed E-state index contributed by atoms with van der Waals surface area (Å²) in [5.74, 6) is 1.02. The molecule has 17 heavy (non-hydrogen) atoms. The summed E-state index contributed by atoms with van der Waals surface area (Å²) < 4.78 is 5.22. The molecule has 0 aromatic heterocycles. The molecule has 4 nitrogen and oxygen atoms in total. The monoisotopic (exact) mass is 282 g/mol. The number of carbonyl (C=O) groups excluding carboxylic acids is 1. The van der Waals surface area contributed by atoms with Crippen LogP contribution < -0.4 is 10.6 Å². The van der Waals surface area contributed by atoms with E-state index in [0.717, 1.165) is 25.1 Å². The van der Waals surface area contributed by atoms with Crippen molar-refractivity contribution in [2.45, 2.75) is 24.8 Å². The number of ether oxygens (including phenoxy) is 1. The van der Waals surface area contributed by atoms with Crippen molar-refractivity contribution in [1.29, 1.82) is 0 Å². The van der Waals surface area contributed by atoms with Gasteiger partial charge in [0.15, 0.2) is 0 Å². The van der Waals surface area contributed by atoms with Crippen molar-refractivity contribution < 1.29 is 9.53 Å². The first-order chi connectivity index (χ1) is 7.72. The average molecular weight is 283 g/mol. The minimum absolute atomic E-state index is 0. The molecule has 1 aliphatic rings. The lowest BCUT2D eigenvalue weighted by Gasteiger charge is -2.28. The maximum absolute atomic E-state index is 11.5. The molecule has 1 aliphatic heterocycles. The van der Waals surface area contributed by atoms with Crippen LogP contribution in [0.2, 0.25) is 0 Å². The molecule has 0 bridgehead atoms. The maximum atomic E-state index is 11.5. The van der Waals surface area contributed by atoms with Gasteiger partial charge in [0.25, 0.3) is 0 Å². The van der Waals surface area contributed by atoms with E-state index in [1.807, 2.05) is 6.26 Å². The molecular weight excluding hydrogens is 260 g/mol. The highest BCUT2D eigenvalue weighted by Gasteiger charge is 2.33. The van der Waals surface area contributed by atoms with Crippen molar-refractivity contribution in [2.75, 3.05) is 38.8 Å². The van der Waals surface area contributed by atoms with Gasteiger partial charge in [-0.05, 0) is 25.6 Å². The third kappa shape index (κ3) is 5.95. The van der Waals surface area contributed by atoms with Crippen LogP contribution in [-0.2, 0) is 9.53 Å². The van der Waals surface area contributed by atoms with E-state index in [0.29, 0.717) is 19.6 Å². The van der Waals surface area contributed by atoms with Gasteiger partial charge in [0.2, 0.25) is 5.91 Å². The summed E-state index contributed by atoms with van der Waals surface area (Å²) >= 11 is 1.70. The zero-order valence-corrected chi connectivity index (χ0v) is 12.2. The lowest BCUT2D eigenvalue weighted by molar-refractivity contribution is -0.121. The van der Waals surface area contributed by atoms with Gasteiger partial charge in [0.05, 0.1) is 12.1 Å². The molecule has 0 radical (unpaired) electrons. The van der Waals surface area contributed by atoms with Crippen molar-refractivity contribution in [3.63, 3.8) is 0 Å². The maximum Gasteiger partial charge on any atom is 0.220 e. The molecule has 1 rings (SSSR count). The molecule has 0 aromatic carbocycles. The number of hydrogen-bond donors (Lipinski definition) is 2. The van der Waals surface area contributed by atoms with Crippen LogP contribution in [0.15, 0.2) is 0 Å². The van der Waals surface area contributed by atoms with Gasteiger partial charge in [-0.25, -0.2) is 0 Å². The van der Waals surface area contributed by atoms with Crippen LogP contribution >= 0.6 is 24.2 Å². The zero-order valence-electron chi connectivity index (χ0n) is 10.6. The van der Waals surface area contributed by atoms with Gasteiger partial charge in [0, 0.05) is 25.8 Å². The second-order valence-electron chi connectivity index (χ2n) is 4.26.